The van der Waals surface area contributed by atoms with Crippen LogP contribution in [0.5, 0.6) is 0 Å². The highest BCUT2D eigenvalue weighted by atomic mass is 32.2. The fourth-order valence-electron chi connectivity index (χ4n) is 7.90. The van der Waals surface area contributed by atoms with Gasteiger partial charge in [0.1, 0.15) is 12.2 Å². The highest BCUT2D eigenvalue weighted by Gasteiger charge is 2.15. The van der Waals surface area contributed by atoms with E-state index in [4.69, 9.17) is 9.47 Å². The lowest BCUT2D eigenvalue weighted by Crippen LogP contribution is -2.29. The number of esters is 2. The van der Waals surface area contributed by atoms with Crippen LogP contribution in [0.3, 0.4) is 0 Å². The quantitative estimate of drug-likeness (QED) is 0.0372. The van der Waals surface area contributed by atoms with E-state index in [2.05, 4.69) is 44.2 Å². The van der Waals surface area contributed by atoms with Crippen molar-refractivity contribution in [1.29, 1.82) is 0 Å². The maximum atomic E-state index is 12.8. The summed E-state index contributed by atoms with van der Waals surface area (Å²) in [4.78, 5) is 28.0. The largest absolute Gasteiger partial charge is 0.462 e. The molecule has 58 heavy (non-hydrogen) atoms. The van der Waals surface area contributed by atoms with Gasteiger partial charge < -0.3 is 14.4 Å². The summed E-state index contributed by atoms with van der Waals surface area (Å²) in [6.45, 7) is 15.8. The second-order valence-corrected chi connectivity index (χ2v) is 18.6. The Hall–Kier alpha value is -0.790. The molecule has 0 amide bonds. The highest BCUT2D eigenvalue weighted by molar-refractivity contribution is 7.97. The van der Waals surface area contributed by atoms with Crippen LogP contribution in [-0.2, 0) is 19.1 Å². The standard InChI is InChI=1S/C51H102N2O4S/c1-6-11-15-18-23-30-38-48(10-5)56-50(54)41-33-26-21-28-35-44-53(46-37-43-52-58-47-14-9-4)45-36-29-22-27-34-42-51(55)57-49(39-31-24-19-16-12-7-2)40-32-25-20-17-13-8-3/h48-49,52H,6-47H2,1-5H3. The first-order chi connectivity index (χ1) is 28.5. The lowest BCUT2D eigenvalue weighted by molar-refractivity contribution is -0.150. The van der Waals surface area contributed by atoms with Crippen molar-refractivity contribution in [3.05, 3.63) is 0 Å². The van der Waals surface area contributed by atoms with E-state index in [1.807, 2.05) is 11.9 Å². The van der Waals surface area contributed by atoms with Crippen molar-refractivity contribution >= 4 is 23.9 Å². The van der Waals surface area contributed by atoms with Gasteiger partial charge in [-0.25, -0.2) is 0 Å². The van der Waals surface area contributed by atoms with Crippen LogP contribution in [0.1, 0.15) is 272 Å². The molecule has 1 N–H and O–H groups in total. The van der Waals surface area contributed by atoms with Crippen molar-refractivity contribution in [2.75, 3.05) is 31.9 Å². The van der Waals surface area contributed by atoms with E-state index in [0.29, 0.717) is 12.8 Å². The Morgan fingerprint density at radius 1 is 0.431 bits per heavy atom. The molecule has 0 aromatic carbocycles. The molecule has 1 atom stereocenters. The third-order valence-corrected chi connectivity index (χ3v) is 12.8. The van der Waals surface area contributed by atoms with Crippen LogP contribution in [0.25, 0.3) is 0 Å². The van der Waals surface area contributed by atoms with E-state index in [1.165, 1.54) is 192 Å². The molecule has 346 valence electrons. The first kappa shape index (κ1) is 57.2. The van der Waals surface area contributed by atoms with Gasteiger partial charge in [-0.1, -0.05) is 188 Å². The summed E-state index contributed by atoms with van der Waals surface area (Å²) in [5.74, 6) is 1.25. The number of carbonyl (C=O) groups is 2. The van der Waals surface area contributed by atoms with Crippen molar-refractivity contribution in [1.82, 2.24) is 9.62 Å². The van der Waals surface area contributed by atoms with Gasteiger partial charge in [-0.3, -0.25) is 14.3 Å². The molecular formula is C51H102N2O4S. The third kappa shape index (κ3) is 41.9. The Morgan fingerprint density at radius 2 is 0.793 bits per heavy atom. The second-order valence-electron chi connectivity index (χ2n) is 17.6. The summed E-state index contributed by atoms with van der Waals surface area (Å²) in [6, 6.07) is 0. The van der Waals surface area contributed by atoms with Gasteiger partial charge in [0.25, 0.3) is 0 Å². The van der Waals surface area contributed by atoms with Gasteiger partial charge in [0.15, 0.2) is 0 Å². The molecule has 7 heteroatoms. The van der Waals surface area contributed by atoms with Crippen LogP contribution in [0.4, 0.5) is 0 Å². The predicted molar refractivity (Wildman–Crippen MR) is 256 cm³/mol. The van der Waals surface area contributed by atoms with Gasteiger partial charge in [-0.15, -0.1) is 0 Å². The second kappa shape index (κ2) is 47.3. The van der Waals surface area contributed by atoms with E-state index in [9.17, 15) is 9.59 Å². The van der Waals surface area contributed by atoms with Gasteiger partial charge >= 0.3 is 11.9 Å². The van der Waals surface area contributed by atoms with E-state index in [0.717, 1.165) is 64.5 Å². The summed E-state index contributed by atoms with van der Waals surface area (Å²) >= 11 is 1.88. The number of hydrogen-bond acceptors (Lipinski definition) is 7. The number of rotatable bonds is 48. The molecular weight excluding hydrogens is 737 g/mol. The topological polar surface area (TPSA) is 67.9 Å². The van der Waals surface area contributed by atoms with Gasteiger partial charge in [0.2, 0.25) is 0 Å². The van der Waals surface area contributed by atoms with Crippen LogP contribution in [0.15, 0.2) is 0 Å². The Bertz CT molecular complexity index is 829. The third-order valence-electron chi connectivity index (χ3n) is 11.9. The molecule has 0 spiro atoms. The Labute approximate surface area is 367 Å². The molecule has 6 nitrogen and oxygen atoms in total. The molecule has 0 aliphatic carbocycles. The molecule has 0 bridgehead atoms. The molecule has 0 aromatic heterocycles. The average Bonchev–Trinajstić information content (AvgIpc) is 3.22. The number of carbonyl (C=O) groups excluding carboxylic acids is 2. The molecule has 0 heterocycles. The lowest BCUT2D eigenvalue weighted by Gasteiger charge is -2.22. The van der Waals surface area contributed by atoms with E-state index < -0.39 is 0 Å². The first-order valence-corrected chi connectivity index (χ1v) is 26.9. The maximum Gasteiger partial charge on any atom is 0.306 e. The van der Waals surface area contributed by atoms with Gasteiger partial charge in [-0.05, 0) is 103 Å². The molecule has 1 unspecified atom stereocenters. The van der Waals surface area contributed by atoms with Crippen molar-refractivity contribution < 1.29 is 19.1 Å². The minimum atomic E-state index is 0.0108. The summed E-state index contributed by atoms with van der Waals surface area (Å²) in [6.07, 6.45) is 43.9. The zero-order chi connectivity index (χ0) is 42.4. The van der Waals surface area contributed by atoms with E-state index in [-0.39, 0.29) is 24.1 Å². The minimum Gasteiger partial charge on any atom is -0.462 e. The fourth-order valence-corrected chi connectivity index (χ4v) is 8.76. The minimum absolute atomic E-state index is 0.0108. The average molecular weight is 839 g/mol. The van der Waals surface area contributed by atoms with Gasteiger partial charge in [0, 0.05) is 25.1 Å². The van der Waals surface area contributed by atoms with E-state index >= 15 is 0 Å². The highest BCUT2D eigenvalue weighted by Crippen LogP contribution is 2.19. The SMILES string of the molecule is CCCCCCCCC(CC)OC(=O)CCCCCCCN(CCCCCCCC(=O)OC(CCCCCCCC)CCCCCCCC)CCCNSCCCC. The number of nitrogens with one attached hydrogen (secondary N) is 1. The van der Waals surface area contributed by atoms with Crippen molar-refractivity contribution in [2.45, 2.75) is 284 Å². The smallest absolute Gasteiger partial charge is 0.306 e. The van der Waals surface area contributed by atoms with Crippen molar-refractivity contribution in [2.24, 2.45) is 0 Å². The monoisotopic (exact) mass is 839 g/mol. The van der Waals surface area contributed by atoms with Gasteiger partial charge in [-0.2, -0.15) is 0 Å². The maximum absolute atomic E-state index is 12.8. The zero-order valence-corrected chi connectivity index (χ0v) is 40.7. The molecule has 0 rings (SSSR count). The summed E-state index contributed by atoms with van der Waals surface area (Å²) in [5.41, 5.74) is 0. The fraction of sp³-hybridized carbons (Fsp3) is 0.961. The number of hydrogen-bond donors (Lipinski definition) is 1. The van der Waals surface area contributed by atoms with Crippen LogP contribution in [0, 0.1) is 0 Å². The summed E-state index contributed by atoms with van der Waals surface area (Å²) in [5, 5.41) is 0. The Balaban J connectivity index is 4.41. The zero-order valence-electron chi connectivity index (χ0n) is 39.8. The van der Waals surface area contributed by atoms with Gasteiger partial charge in [0.05, 0.1) is 0 Å². The van der Waals surface area contributed by atoms with Crippen LogP contribution < -0.4 is 4.72 Å². The molecule has 0 aliphatic rings. The molecule has 0 saturated heterocycles. The van der Waals surface area contributed by atoms with Crippen LogP contribution in [0.2, 0.25) is 0 Å². The first-order valence-electron chi connectivity index (χ1n) is 26.0. The molecule has 0 aliphatic heterocycles. The van der Waals surface area contributed by atoms with Crippen molar-refractivity contribution in [3.63, 3.8) is 0 Å². The molecule has 0 fully saturated rings. The van der Waals surface area contributed by atoms with Crippen LogP contribution >= 0.6 is 11.9 Å². The number of unbranched alkanes of at least 4 members (excludes halogenated alkanes) is 24. The number of ether oxygens (including phenoxy) is 2. The normalized spacial score (nSPS) is 12.2. The Kier molecular flexibility index (Phi) is 46.6. The summed E-state index contributed by atoms with van der Waals surface area (Å²) < 4.78 is 15.5. The van der Waals surface area contributed by atoms with E-state index in [1.54, 1.807) is 0 Å². The molecule has 0 saturated carbocycles. The number of nitrogens with zero attached hydrogens (tertiary/aromatic N) is 1. The molecule has 0 aromatic rings. The lowest BCUT2D eigenvalue weighted by atomic mass is 10.0. The Morgan fingerprint density at radius 3 is 1.24 bits per heavy atom. The summed E-state index contributed by atoms with van der Waals surface area (Å²) in [7, 11) is 0. The van der Waals surface area contributed by atoms with Crippen LogP contribution in [-0.4, -0.2) is 61.0 Å². The molecule has 0 radical (unpaired) electrons. The van der Waals surface area contributed by atoms with Crippen molar-refractivity contribution in [3.8, 4) is 0 Å². The predicted octanol–water partition coefficient (Wildman–Crippen LogP) is 15.9.